The summed E-state index contributed by atoms with van der Waals surface area (Å²) in [5.74, 6) is 0. The van der Waals surface area contributed by atoms with Crippen LogP contribution >= 0.6 is 0 Å². The average Bonchev–Trinajstić information content (AvgIpc) is 2.76. The Kier molecular flexibility index (Phi) is 5.27. The van der Waals surface area contributed by atoms with Crippen molar-refractivity contribution >= 4 is 0 Å². The standard InChI is InChI=1S/C16H32N2O/c1-13-7-9-17-15(16(2,3)4)12-18(13)10-8-14-6-5-11-19-14/h13-15,17H,5-12H2,1-4H3. The molecule has 0 radical (unpaired) electrons. The molecule has 2 aliphatic rings. The lowest BCUT2D eigenvalue weighted by molar-refractivity contribution is 0.0814. The molecule has 1 N–H and O–H groups in total. The topological polar surface area (TPSA) is 24.5 Å². The van der Waals surface area contributed by atoms with Crippen molar-refractivity contribution in [3.8, 4) is 0 Å². The second-order valence-corrected chi connectivity index (χ2v) is 7.43. The summed E-state index contributed by atoms with van der Waals surface area (Å²) >= 11 is 0. The Balaban J connectivity index is 1.87. The second kappa shape index (κ2) is 6.55. The predicted octanol–water partition coefficient (Wildman–Crippen LogP) is 2.65. The Morgan fingerprint density at radius 3 is 2.68 bits per heavy atom. The van der Waals surface area contributed by atoms with Crippen LogP contribution in [0.4, 0.5) is 0 Å². The van der Waals surface area contributed by atoms with E-state index < -0.39 is 0 Å². The number of hydrogen-bond donors (Lipinski definition) is 1. The van der Waals surface area contributed by atoms with Crippen molar-refractivity contribution in [3.63, 3.8) is 0 Å². The molecule has 2 aliphatic heterocycles. The fourth-order valence-corrected chi connectivity index (χ4v) is 3.20. The first-order valence-electron chi connectivity index (χ1n) is 8.06. The Morgan fingerprint density at radius 1 is 1.26 bits per heavy atom. The SMILES string of the molecule is CC1CCNC(C(C)(C)C)CN1CCC1CCCO1. The zero-order chi connectivity index (χ0) is 13.9. The van der Waals surface area contributed by atoms with E-state index in [1.54, 1.807) is 0 Å². The zero-order valence-corrected chi connectivity index (χ0v) is 13.2. The van der Waals surface area contributed by atoms with Gasteiger partial charge in [-0.2, -0.15) is 0 Å². The normalized spacial score (nSPS) is 34.4. The van der Waals surface area contributed by atoms with Gasteiger partial charge in [-0.05, 0) is 44.6 Å². The summed E-state index contributed by atoms with van der Waals surface area (Å²) < 4.78 is 5.76. The van der Waals surface area contributed by atoms with Crippen LogP contribution in [0.2, 0.25) is 0 Å². The summed E-state index contributed by atoms with van der Waals surface area (Å²) in [6.45, 7) is 13.9. The molecule has 2 rings (SSSR count). The number of ether oxygens (including phenoxy) is 1. The Hall–Kier alpha value is -0.120. The molecule has 2 heterocycles. The minimum atomic E-state index is 0.339. The van der Waals surface area contributed by atoms with Gasteiger partial charge in [-0.15, -0.1) is 0 Å². The predicted molar refractivity (Wildman–Crippen MR) is 80.5 cm³/mol. The van der Waals surface area contributed by atoms with Gasteiger partial charge in [0.2, 0.25) is 0 Å². The average molecular weight is 268 g/mol. The Labute approximate surface area is 119 Å². The van der Waals surface area contributed by atoms with Gasteiger partial charge in [0.25, 0.3) is 0 Å². The first-order chi connectivity index (χ1) is 8.97. The molecule has 0 aliphatic carbocycles. The first-order valence-corrected chi connectivity index (χ1v) is 8.06. The summed E-state index contributed by atoms with van der Waals surface area (Å²) in [5, 5.41) is 3.74. The lowest BCUT2D eigenvalue weighted by Gasteiger charge is -2.35. The molecular formula is C16H32N2O. The number of hydrogen-bond acceptors (Lipinski definition) is 3. The minimum Gasteiger partial charge on any atom is -0.378 e. The highest BCUT2D eigenvalue weighted by atomic mass is 16.5. The van der Waals surface area contributed by atoms with Crippen LogP contribution in [-0.2, 0) is 4.74 Å². The van der Waals surface area contributed by atoms with Crippen LogP contribution in [0.5, 0.6) is 0 Å². The largest absolute Gasteiger partial charge is 0.378 e. The maximum absolute atomic E-state index is 5.76. The lowest BCUT2D eigenvalue weighted by atomic mass is 9.86. The molecule has 0 aromatic carbocycles. The van der Waals surface area contributed by atoms with E-state index in [1.807, 2.05) is 0 Å². The van der Waals surface area contributed by atoms with Crippen LogP contribution in [-0.4, -0.2) is 49.3 Å². The van der Waals surface area contributed by atoms with Crippen molar-refractivity contribution in [2.24, 2.45) is 5.41 Å². The number of rotatable bonds is 3. The maximum Gasteiger partial charge on any atom is 0.0588 e. The maximum atomic E-state index is 5.76. The highest BCUT2D eigenvalue weighted by molar-refractivity contribution is 4.88. The molecule has 112 valence electrons. The van der Waals surface area contributed by atoms with Gasteiger partial charge >= 0.3 is 0 Å². The lowest BCUT2D eigenvalue weighted by Crippen LogP contribution is -2.47. The monoisotopic (exact) mass is 268 g/mol. The van der Waals surface area contributed by atoms with Gasteiger partial charge in [0.1, 0.15) is 0 Å². The number of nitrogens with zero attached hydrogens (tertiary/aromatic N) is 1. The second-order valence-electron chi connectivity index (χ2n) is 7.43. The molecule has 19 heavy (non-hydrogen) atoms. The van der Waals surface area contributed by atoms with Gasteiger partial charge in [-0.25, -0.2) is 0 Å². The molecule has 3 unspecified atom stereocenters. The van der Waals surface area contributed by atoms with Gasteiger partial charge in [-0.3, -0.25) is 4.90 Å². The summed E-state index contributed by atoms with van der Waals surface area (Å²) in [6, 6.07) is 1.29. The highest BCUT2D eigenvalue weighted by Gasteiger charge is 2.30. The number of nitrogens with one attached hydrogen (secondary N) is 1. The molecule has 0 aromatic heterocycles. The van der Waals surface area contributed by atoms with E-state index in [1.165, 1.54) is 38.8 Å². The smallest absolute Gasteiger partial charge is 0.0588 e. The summed E-state index contributed by atoms with van der Waals surface area (Å²) in [4.78, 5) is 2.68. The molecule has 0 bridgehead atoms. The van der Waals surface area contributed by atoms with Gasteiger partial charge in [0.05, 0.1) is 6.10 Å². The van der Waals surface area contributed by atoms with E-state index >= 15 is 0 Å². The molecule has 0 aromatic rings. The third-order valence-corrected chi connectivity index (χ3v) is 4.80. The van der Waals surface area contributed by atoms with Gasteiger partial charge in [-0.1, -0.05) is 20.8 Å². The van der Waals surface area contributed by atoms with Gasteiger partial charge in [0.15, 0.2) is 0 Å². The molecule has 0 saturated carbocycles. The zero-order valence-electron chi connectivity index (χ0n) is 13.2. The molecule has 0 amide bonds. The van der Waals surface area contributed by atoms with E-state index in [4.69, 9.17) is 4.74 Å². The van der Waals surface area contributed by atoms with Crippen LogP contribution in [0.3, 0.4) is 0 Å². The van der Waals surface area contributed by atoms with Crippen molar-refractivity contribution in [2.45, 2.75) is 71.6 Å². The molecule has 2 fully saturated rings. The fourth-order valence-electron chi connectivity index (χ4n) is 3.20. The summed E-state index contributed by atoms with van der Waals surface area (Å²) in [5.41, 5.74) is 0.339. The fraction of sp³-hybridized carbons (Fsp3) is 1.00. The third kappa shape index (κ3) is 4.44. The van der Waals surface area contributed by atoms with Crippen molar-refractivity contribution in [1.29, 1.82) is 0 Å². The Morgan fingerprint density at radius 2 is 2.05 bits per heavy atom. The van der Waals surface area contributed by atoms with Gasteiger partial charge < -0.3 is 10.1 Å². The van der Waals surface area contributed by atoms with Crippen molar-refractivity contribution in [1.82, 2.24) is 10.2 Å². The van der Waals surface area contributed by atoms with Crippen molar-refractivity contribution in [2.75, 3.05) is 26.2 Å². The van der Waals surface area contributed by atoms with E-state index in [0.29, 0.717) is 23.6 Å². The molecule has 3 atom stereocenters. The summed E-state index contributed by atoms with van der Waals surface area (Å²) in [7, 11) is 0. The molecule has 3 nitrogen and oxygen atoms in total. The Bertz CT molecular complexity index is 268. The molecular weight excluding hydrogens is 236 g/mol. The first kappa shape index (κ1) is 15.3. The third-order valence-electron chi connectivity index (χ3n) is 4.80. The van der Waals surface area contributed by atoms with Crippen LogP contribution in [0, 0.1) is 5.41 Å². The van der Waals surface area contributed by atoms with E-state index in [2.05, 4.69) is 37.9 Å². The van der Waals surface area contributed by atoms with E-state index in [9.17, 15) is 0 Å². The van der Waals surface area contributed by atoms with Crippen LogP contribution in [0.1, 0.15) is 53.4 Å². The van der Waals surface area contributed by atoms with Crippen LogP contribution < -0.4 is 5.32 Å². The summed E-state index contributed by atoms with van der Waals surface area (Å²) in [6.07, 6.45) is 5.52. The van der Waals surface area contributed by atoms with Crippen molar-refractivity contribution in [3.05, 3.63) is 0 Å². The van der Waals surface area contributed by atoms with E-state index in [0.717, 1.165) is 13.2 Å². The van der Waals surface area contributed by atoms with Crippen LogP contribution in [0.15, 0.2) is 0 Å². The molecule has 0 spiro atoms. The molecule has 3 heteroatoms. The minimum absolute atomic E-state index is 0.339. The van der Waals surface area contributed by atoms with Crippen LogP contribution in [0.25, 0.3) is 0 Å². The van der Waals surface area contributed by atoms with Crippen molar-refractivity contribution < 1.29 is 4.74 Å². The molecule has 2 saturated heterocycles. The quantitative estimate of drug-likeness (QED) is 0.851. The highest BCUT2D eigenvalue weighted by Crippen LogP contribution is 2.24. The van der Waals surface area contributed by atoms with Gasteiger partial charge in [0, 0.05) is 31.8 Å². The van der Waals surface area contributed by atoms with E-state index in [-0.39, 0.29) is 0 Å².